The van der Waals surface area contributed by atoms with Crippen LogP contribution in [0.4, 0.5) is 17.1 Å². The third-order valence-corrected chi connectivity index (χ3v) is 13.4. The SMILES string of the molecule is c1ccc(-c2ccc(N(c3ccc(-c4ccc5ccccc5c4)cc3)c3ccc(C(c4ccccc4)(c4ccccc4)c4cccc5c4sc4ccccc45)cc3)cc2)cc1. The summed E-state index contributed by atoms with van der Waals surface area (Å²) in [6.45, 7) is 0. The van der Waals surface area contributed by atoms with Crippen molar-refractivity contribution in [3.8, 4) is 22.3 Å². The van der Waals surface area contributed by atoms with E-state index in [1.165, 1.54) is 75.5 Å². The summed E-state index contributed by atoms with van der Waals surface area (Å²) in [5.41, 5.74) is 12.4. The van der Waals surface area contributed by atoms with Gasteiger partial charge in [-0.1, -0.05) is 200 Å². The number of fused-ring (bicyclic) bond motifs is 4. The Balaban J connectivity index is 1.08. The molecule has 0 atom stereocenters. The zero-order chi connectivity index (χ0) is 40.6. The summed E-state index contributed by atoms with van der Waals surface area (Å²) >= 11 is 1.89. The molecule has 0 aliphatic heterocycles. The van der Waals surface area contributed by atoms with Crippen LogP contribution in [0.25, 0.3) is 53.2 Å². The smallest absolute Gasteiger partial charge is 0.0715 e. The molecule has 0 fully saturated rings. The minimum atomic E-state index is -0.592. The van der Waals surface area contributed by atoms with Crippen molar-refractivity contribution in [2.75, 3.05) is 4.90 Å². The van der Waals surface area contributed by atoms with Crippen LogP contribution < -0.4 is 4.90 Å². The van der Waals surface area contributed by atoms with Crippen LogP contribution in [-0.2, 0) is 5.41 Å². The summed E-state index contributed by atoms with van der Waals surface area (Å²) < 4.78 is 2.61. The summed E-state index contributed by atoms with van der Waals surface area (Å²) in [6.07, 6.45) is 0. The van der Waals surface area contributed by atoms with Gasteiger partial charge in [0.15, 0.2) is 0 Å². The van der Waals surface area contributed by atoms with Crippen molar-refractivity contribution >= 4 is 59.3 Å². The molecule has 0 N–H and O–H groups in total. The maximum Gasteiger partial charge on any atom is 0.0715 e. The van der Waals surface area contributed by atoms with Crippen molar-refractivity contribution in [3.63, 3.8) is 0 Å². The van der Waals surface area contributed by atoms with E-state index >= 15 is 0 Å². The molecule has 0 amide bonds. The summed E-state index contributed by atoms with van der Waals surface area (Å²) in [5, 5.41) is 5.09. The highest BCUT2D eigenvalue weighted by Crippen LogP contribution is 2.51. The monoisotopic (exact) mass is 795 g/mol. The van der Waals surface area contributed by atoms with Crippen molar-refractivity contribution in [2.45, 2.75) is 5.41 Å². The van der Waals surface area contributed by atoms with Gasteiger partial charge in [0.1, 0.15) is 0 Å². The van der Waals surface area contributed by atoms with E-state index in [9.17, 15) is 0 Å². The second kappa shape index (κ2) is 15.6. The topological polar surface area (TPSA) is 3.24 Å². The number of anilines is 3. The van der Waals surface area contributed by atoms with E-state index in [-0.39, 0.29) is 0 Å². The maximum absolute atomic E-state index is 2.38. The maximum atomic E-state index is 2.38. The molecule has 0 unspecified atom stereocenters. The van der Waals surface area contributed by atoms with Gasteiger partial charge in [-0.2, -0.15) is 0 Å². The Bertz CT molecular complexity index is 3220. The second-order valence-electron chi connectivity index (χ2n) is 15.7. The Kier molecular flexibility index (Phi) is 9.34. The lowest BCUT2D eigenvalue weighted by Gasteiger charge is -2.37. The van der Waals surface area contributed by atoms with Crippen LogP contribution in [0.2, 0.25) is 0 Å². The van der Waals surface area contributed by atoms with Gasteiger partial charge in [-0.15, -0.1) is 11.3 Å². The van der Waals surface area contributed by atoms with Crippen LogP contribution in [-0.4, -0.2) is 0 Å². The molecular formula is C59H41NS. The quantitative estimate of drug-likeness (QED) is 0.132. The fourth-order valence-corrected chi connectivity index (χ4v) is 10.6. The van der Waals surface area contributed by atoms with Gasteiger partial charge in [0, 0.05) is 37.2 Å². The Labute approximate surface area is 361 Å². The van der Waals surface area contributed by atoms with Gasteiger partial charge in [-0.05, 0) is 104 Å². The van der Waals surface area contributed by atoms with Gasteiger partial charge in [0.25, 0.3) is 0 Å². The van der Waals surface area contributed by atoms with E-state index in [1.807, 2.05) is 11.3 Å². The Hall–Kier alpha value is -7.52. The van der Waals surface area contributed by atoms with Crippen LogP contribution in [0.15, 0.2) is 249 Å². The van der Waals surface area contributed by atoms with E-state index in [2.05, 4.69) is 254 Å². The summed E-state index contributed by atoms with van der Waals surface area (Å²) in [4.78, 5) is 2.38. The fraction of sp³-hybridized carbons (Fsp3) is 0.0169. The van der Waals surface area contributed by atoms with Crippen molar-refractivity contribution in [2.24, 2.45) is 0 Å². The van der Waals surface area contributed by atoms with E-state index < -0.39 is 5.41 Å². The van der Waals surface area contributed by atoms with Crippen molar-refractivity contribution in [1.82, 2.24) is 0 Å². The molecule has 1 nitrogen and oxygen atoms in total. The summed E-state index contributed by atoms with van der Waals surface area (Å²) in [5.74, 6) is 0. The average Bonchev–Trinajstić information content (AvgIpc) is 3.73. The molecule has 2 heteroatoms. The number of nitrogens with zero attached hydrogens (tertiary/aromatic N) is 1. The second-order valence-corrected chi connectivity index (χ2v) is 16.7. The first kappa shape index (κ1) is 36.6. The highest BCUT2D eigenvalue weighted by molar-refractivity contribution is 7.26. The molecule has 0 aliphatic rings. The lowest BCUT2D eigenvalue weighted by atomic mass is 9.65. The normalized spacial score (nSPS) is 11.6. The lowest BCUT2D eigenvalue weighted by Crippen LogP contribution is -2.31. The standard InChI is InChI=1S/C59H41NS/c1-4-15-42(16-5-1)44-29-35-51(36-30-44)60(52-37-31-45(32-38-52)47-28-27-43-17-10-11-18-46(43)41-47)53-39-33-50(34-40-53)59(48-19-6-2-7-20-48,49-21-8-3-9-22-49)56-25-14-24-55-54-23-12-13-26-57(54)61-58(55)56/h1-41H. The highest BCUT2D eigenvalue weighted by atomic mass is 32.1. The third kappa shape index (κ3) is 6.50. The lowest BCUT2D eigenvalue weighted by molar-refractivity contribution is 0.753. The minimum absolute atomic E-state index is 0.592. The molecule has 10 aromatic carbocycles. The first-order valence-electron chi connectivity index (χ1n) is 20.9. The van der Waals surface area contributed by atoms with Crippen molar-refractivity contribution in [3.05, 3.63) is 271 Å². The largest absolute Gasteiger partial charge is 0.311 e. The predicted molar refractivity (Wildman–Crippen MR) is 261 cm³/mol. The van der Waals surface area contributed by atoms with Gasteiger partial charge in [-0.3, -0.25) is 0 Å². The van der Waals surface area contributed by atoms with Gasteiger partial charge in [0.05, 0.1) is 5.41 Å². The van der Waals surface area contributed by atoms with Crippen molar-refractivity contribution < 1.29 is 0 Å². The van der Waals surface area contributed by atoms with E-state index in [0.29, 0.717) is 0 Å². The zero-order valence-corrected chi connectivity index (χ0v) is 34.3. The number of thiophene rings is 1. The molecule has 11 aromatic rings. The number of rotatable bonds is 9. The molecule has 0 spiro atoms. The average molecular weight is 796 g/mol. The molecule has 0 saturated heterocycles. The zero-order valence-electron chi connectivity index (χ0n) is 33.5. The fourth-order valence-electron chi connectivity index (χ4n) is 9.30. The first-order valence-corrected chi connectivity index (χ1v) is 21.7. The van der Waals surface area contributed by atoms with E-state index in [4.69, 9.17) is 0 Å². The molecule has 11 rings (SSSR count). The summed E-state index contributed by atoms with van der Waals surface area (Å²) in [7, 11) is 0. The minimum Gasteiger partial charge on any atom is -0.311 e. The summed E-state index contributed by atoms with van der Waals surface area (Å²) in [6, 6.07) is 91.0. The first-order chi connectivity index (χ1) is 30.2. The highest BCUT2D eigenvalue weighted by Gasteiger charge is 2.40. The Morgan fingerprint density at radius 3 is 1.41 bits per heavy atom. The number of benzene rings is 10. The van der Waals surface area contributed by atoms with Crippen LogP contribution in [0.5, 0.6) is 0 Å². The molecule has 288 valence electrons. The van der Waals surface area contributed by atoms with Crippen LogP contribution in [0.1, 0.15) is 22.3 Å². The molecule has 1 heterocycles. The number of hydrogen-bond donors (Lipinski definition) is 0. The van der Waals surface area contributed by atoms with E-state index in [0.717, 1.165) is 17.1 Å². The molecule has 0 bridgehead atoms. The van der Waals surface area contributed by atoms with E-state index in [1.54, 1.807) is 0 Å². The van der Waals surface area contributed by atoms with Crippen LogP contribution in [0.3, 0.4) is 0 Å². The molecular weight excluding hydrogens is 755 g/mol. The Morgan fingerprint density at radius 1 is 0.311 bits per heavy atom. The molecule has 1 aromatic heterocycles. The van der Waals surface area contributed by atoms with Crippen LogP contribution in [0, 0.1) is 0 Å². The molecule has 0 saturated carbocycles. The predicted octanol–water partition coefficient (Wildman–Crippen LogP) is 16.4. The number of hydrogen-bond acceptors (Lipinski definition) is 2. The van der Waals surface area contributed by atoms with Gasteiger partial charge >= 0.3 is 0 Å². The molecule has 61 heavy (non-hydrogen) atoms. The Morgan fingerprint density at radius 2 is 0.770 bits per heavy atom. The van der Waals surface area contributed by atoms with Crippen molar-refractivity contribution in [1.29, 1.82) is 0 Å². The van der Waals surface area contributed by atoms with Crippen LogP contribution >= 0.6 is 11.3 Å². The van der Waals surface area contributed by atoms with Gasteiger partial charge in [0.2, 0.25) is 0 Å². The molecule has 0 radical (unpaired) electrons. The molecule has 0 aliphatic carbocycles. The van der Waals surface area contributed by atoms with Gasteiger partial charge < -0.3 is 4.90 Å². The third-order valence-electron chi connectivity index (χ3n) is 12.2. The van der Waals surface area contributed by atoms with Gasteiger partial charge in [-0.25, -0.2) is 0 Å².